The molecule has 1 aliphatic heterocycles. The lowest BCUT2D eigenvalue weighted by atomic mass is 9.87. The third kappa shape index (κ3) is 9.40. The number of rotatable bonds is 14. The highest BCUT2D eigenvalue weighted by Crippen LogP contribution is 2.18. The number of carbonyl (C=O) groups is 1. The van der Waals surface area contributed by atoms with E-state index in [4.69, 9.17) is 4.74 Å². The number of aliphatic imine (C=N–C) groups is 1. The molecule has 1 N–H and O–H groups in total. The first-order valence-corrected chi connectivity index (χ1v) is 11.6. The van der Waals surface area contributed by atoms with Crippen LogP contribution in [0.5, 0.6) is 0 Å². The standard InChI is InChI=1S/C21H39BN4O2S/c1-7-9-20(27)17-12-23-21(15-29-11-10-25(4)5)24-18(17)13-26(6)19(16(3)22)14-28-8-2/h10-11,17-19H,3,7-9,12-15,22H2,1-2,4-6H3,(H,23,24)/b11-10-. The Bertz CT molecular complexity index is 583. The lowest BCUT2D eigenvalue weighted by molar-refractivity contribution is -0.123. The van der Waals surface area contributed by atoms with Gasteiger partial charge in [0.05, 0.1) is 30.9 Å². The average Bonchev–Trinajstić information content (AvgIpc) is 2.65. The molecule has 0 spiro atoms. The number of carbonyl (C=O) groups excluding carboxylic acids is 1. The SMILES string of the molecule is BC(=C)C(COCC)N(C)CC1NC(CS/C=C\N(C)C)=NCC1C(=O)CCC. The van der Waals surface area contributed by atoms with Gasteiger partial charge in [-0.05, 0) is 25.8 Å². The van der Waals surface area contributed by atoms with Crippen molar-refractivity contribution in [2.24, 2.45) is 10.9 Å². The van der Waals surface area contributed by atoms with Gasteiger partial charge in [0.2, 0.25) is 0 Å². The minimum absolute atomic E-state index is 0.0495. The lowest BCUT2D eigenvalue weighted by Gasteiger charge is -2.37. The Morgan fingerprint density at radius 1 is 1.45 bits per heavy atom. The topological polar surface area (TPSA) is 57.2 Å². The number of thioether (sulfide) groups is 1. The van der Waals surface area contributed by atoms with Crippen LogP contribution in [0.15, 0.2) is 28.7 Å². The summed E-state index contributed by atoms with van der Waals surface area (Å²) in [7, 11) is 8.13. The van der Waals surface area contributed by atoms with Crippen molar-refractivity contribution in [3.63, 3.8) is 0 Å². The molecule has 0 aliphatic carbocycles. The summed E-state index contributed by atoms with van der Waals surface area (Å²) in [6.07, 6.45) is 3.51. The summed E-state index contributed by atoms with van der Waals surface area (Å²) in [4.78, 5) is 21.7. The van der Waals surface area contributed by atoms with Gasteiger partial charge in [-0.15, -0.1) is 18.3 Å². The minimum atomic E-state index is -0.0821. The maximum absolute atomic E-state index is 12.7. The van der Waals surface area contributed by atoms with Crippen LogP contribution >= 0.6 is 11.8 Å². The molecule has 0 fully saturated rings. The number of nitrogens with one attached hydrogen (secondary N) is 1. The van der Waals surface area contributed by atoms with Gasteiger partial charge < -0.3 is 15.0 Å². The molecule has 1 heterocycles. The second-order valence-corrected chi connectivity index (χ2v) is 8.78. The van der Waals surface area contributed by atoms with E-state index in [1.54, 1.807) is 11.8 Å². The molecular weight excluding hydrogens is 383 g/mol. The van der Waals surface area contributed by atoms with Crippen LogP contribution in [-0.4, -0.2) is 94.5 Å². The van der Waals surface area contributed by atoms with Gasteiger partial charge in [0.25, 0.3) is 0 Å². The van der Waals surface area contributed by atoms with Gasteiger partial charge in [0.15, 0.2) is 0 Å². The van der Waals surface area contributed by atoms with E-state index in [1.165, 1.54) is 0 Å². The molecule has 164 valence electrons. The highest BCUT2D eigenvalue weighted by molar-refractivity contribution is 8.02. The van der Waals surface area contributed by atoms with Crippen LogP contribution in [0.2, 0.25) is 0 Å². The van der Waals surface area contributed by atoms with Crippen LogP contribution in [-0.2, 0) is 9.53 Å². The van der Waals surface area contributed by atoms with E-state index in [1.807, 2.05) is 40.0 Å². The molecule has 0 radical (unpaired) electrons. The molecule has 0 saturated heterocycles. The second kappa shape index (κ2) is 13.9. The first-order valence-electron chi connectivity index (χ1n) is 10.5. The van der Waals surface area contributed by atoms with Gasteiger partial charge in [0.1, 0.15) is 19.5 Å². The van der Waals surface area contributed by atoms with Crippen LogP contribution in [0, 0.1) is 5.92 Å². The van der Waals surface area contributed by atoms with E-state index in [9.17, 15) is 4.79 Å². The molecule has 0 aromatic carbocycles. The zero-order valence-electron chi connectivity index (χ0n) is 19.1. The summed E-state index contributed by atoms with van der Waals surface area (Å²) in [5.41, 5.74) is 1.08. The normalized spacial score (nSPS) is 20.4. The molecule has 0 aromatic heterocycles. The highest BCUT2D eigenvalue weighted by Gasteiger charge is 2.33. The van der Waals surface area contributed by atoms with E-state index >= 15 is 0 Å². The van der Waals surface area contributed by atoms with Gasteiger partial charge in [0, 0.05) is 45.9 Å². The predicted molar refractivity (Wildman–Crippen MR) is 129 cm³/mol. The number of ketones is 1. The van der Waals surface area contributed by atoms with E-state index < -0.39 is 0 Å². The van der Waals surface area contributed by atoms with E-state index in [-0.39, 0.29) is 18.0 Å². The maximum Gasteiger partial charge on any atom is 0.139 e. The predicted octanol–water partition coefficient (Wildman–Crippen LogP) is 1.59. The molecule has 3 unspecified atom stereocenters. The quantitative estimate of drug-likeness (QED) is 0.429. The fraction of sp³-hybridized carbons (Fsp3) is 0.714. The van der Waals surface area contributed by atoms with Crippen molar-refractivity contribution in [2.75, 3.05) is 53.2 Å². The van der Waals surface area contributed by atoms with Crippen LogP contribution in [0.4, 0.5) is 0 Å². The molecule has 1 rings (SSSR count). The van der Waals surface area contributed by atoms with Crippen molar-refractivity contribution < 1.29 is 9.53 Å². The molecule has 8 heteroatoms. The van der Waals surface area contributed by atoms with E-state index in [2.05, 4.69) is 41.2 Å². The highest BCUT2D eigenvalue weighted by atomic mass is 32.2. The molecular formula is C21H39BN4O2S. The molecule has 0 saturated carbocycles. The van der Waals surface area contributed by atoms with Crippen LogP contribution in [0.3, 0.4) is 0 Å². The maximum atomic E-state index is 12.7. The number of amidine groups is 1. The van der Waals surface area contributed by atoms with Gasteiger partial charge in [-0.25, -0.2) is 0 Å². The largest absolute Gasteiger partial charge is 0.383 e. The summed E-state index contributed by atoms with van der Waals surface area (Å²) < 4.78 is 5.66. The number of hydrogen-bond acceptors (Lipinski definition) is 7. The average molecular weight is 422 g/mol. The molecule has 1 aliphatic rings. The summed E-state index contributed by atoms with van der Waals surface area (Å²) in [6, 6.07) is 0.187. The second-order valence-electron chi connectivity index (χ2n) is 7.88. The van der Waals surface area contributed by atoms with Gasteiger partial charge >= 0.3 is 0 Å². The molecule has 0 aromatic rings. The van der Waals surface area contributed by atoms with E-state index in [0.717, 1.165) is 30.0 Å². The van der Waals surface area contributed by atoms with Crippen molar-refractivity contribution in [3.8, 4) is 0 Å². The summed E-state index contributed by atoms with van der Waals surface area (Å²) >= 11 is 1.70. The zero-order chi connectivity index (χ0) is 21.8. The Hall–Kier alpha value is -1.25. The summed E-state index contributed by atoms with van der Waals surface area (Å²) in [5.74, 6) is 1.97. The van der Waals surface area contributed by atoms with Crippen LogP contribution in [0.25, 0.3) is 0 Å². The number of ether oxygens (including phenoxy) is 1. The fourth-order valence-electron chi connectivity index (χ4n) is 3.32. The van der Waals surface area contributed by atoms with Crippen molar-refractivity contribution in [1.29, 1.82) is 0 Å². The number of hydrogen-bond donors (Lipinski definition) is 1. The van der Waals surface area contributed by atoms with Crippen molar-refractivity contribution in [1.82, 2.24) is 15.1 Å². The first-order chi connectivity index (χ1) is 13.8. The lowest BCUT2D eigenvalue weighted by Crippen LogP contribution is -2.55. The summed E-state index contributed by atoms with van der Waals surface area (Å²) in [6.45, 7) is 10.8. The smallest absolute Gasteiger partial charge is 0.139 e. The molecule has 3 atom stereocenters. The van der Waals surface area contributed by atoms with Crippen molar-refractivity contribution in [2.45, 2.75) is 38.8 Å². The molecule has 6 nitrogen and oxygen atoms in total. The molecule has 0 amide bonds. The first kappa shape index (κ1) is 25.8. The Kier molecular flexibility index (Phi) is 12.3. The Balaban J connectivity index is 2.84. The van der Waals surface area contributed by atoms with Crippen LogP contribution < -0.4 is 5.32 Å². The van der Waals surface area contributed by atoms with Crippen LogP contribution in [0.1, 0.15) is 26.7 Å². The Morgan fingerprint density at radius 3 is 2.76 bits per heavy atom. The third-order valence-corrected chi connectivity index (χ3v) is 5.72. The van der Waals surface area contributed by atoms with Crippen molar-refractivity contribution >= 4 is 31.2 Å². The fourth-order valence-corrected chi connectivity index (χ4v) is 4.08. The van der Waals surface area contributed by atoms with Gasteiger partial charge in [-0.1, -0.05) is 12.4 Å². The van der Waals surface area contributed by atoms with E-state index in [0.29, 0.717) is 32.0 Å². The monoisotopic (exact) mass is 422 g/mol. The number of Topliss-reactive ketones (excluding diaryl/α,β-unsaturated/α-hetero) is 1. The molecule has 29 heavy (non-hydrogen) atoms. The Morgan fingerprint density at radius 2 is 2.17 bits per heavy atom. The van der Waals surface area contributed by atoms with Crippen molar-refractivity contribution in [3.05, 3.63) is 23.7 Å². The Labute approximate surface area is 182 Å². The number of likely N-dealkylation sites (N-methyl/N-ethyl adjacent to an activating group) is 1. The third-order valence-electron chi connectivity index (χ3n) is 4.97. The minimum Gasteiger partial charge on any atom is -0.383 e. The molecule has 0 bridgehead atoms. The zero-order valence-corrected chi connectivity index (χ0v) is 19.9. The van der Waals surface area contributed by atoms with Gasteiger partial charge in [-0.3, -0.25) is 14.7 Å². The summed E-state index contributed by atoms with van der Waals surface area (Å²) in [5, 5.41) is 5.63. The number of nitrogens with zero attached hydrogens (tertiary/aromatic N) is 3. The van der Waals surface area contributed by atoms with Gasteiger partial charge in [-0.2, -0.15) is 0 Å².